The Kier molecular flexibility index (Phi) is 11.9. The first-order valence-corrected chi connectivity index (χ1v) is 9.94. The molecular weight excluding hydrogens is 538 g/mol. The fourth-order valence-electron chi connectivity index (χ4n) is 4.37. The second kappa shape index (κ2) is 13.1. The Morgan fingerprint density at radius 2 is 0.938 bits per heavy atom. The number of benzene rings is 4. The molecule has 0 spiro atoms. The molecule has 0 amide bonds. The second-order valence-corrected chi connectivity index (χ2v) is 7.73. The monoisotopic (exact) mass is 566 g/mol. The molecule has 0 fully saturated rings. The van der Waals surface area contributed by atoms with Crippen LogP contribution in [0.5, 0.6) is 0 Å². The maximum atomic E-state index is 3.10. The van der Waals surface area contributed by atoms with Gasteiger partial charge in [-0.3, -0.25) is 0 Å². The number of hydrogen-bond acceptors (Lipinski definition) is 0. The zero-order valence-electron chi connectivity index (χ0n) is 19.2. The topological polar surface area (TPSA) is 0 Å². The molecule has 0 saturated heterocycles. The summed E-state index contributed by atoms with van der Waals surface area (Å²) >= 11 is 0. The molecule has 4 aromatic rings. The van der Waals surface area contributed by atoms with Crippen LogP contribution in [0.3, 0.4) is 0 Å². The van der Waals surface area contributed by atoms with Crippen molar-refractivity contribution in [2.24, 2.45) is 0 Å². The first kappa shape index (κ1) is 29.1. The fourth-order valence-corrected chi connectivity index (χ4v) is 4.37. The fraction of sp³-hybridized carbons (Fsp3) is 0.133. The van der Waals surface area contributed by atoms with E-state index in [4.69, 9.17) is 0 Å². The van der Waals surface area contributed by atoms with Crippen molar-refractivity contribution in [2.75, 3.05) is 0 Å². The van der Waals surface area contributed by atoms with Crippen molar-refractivity contribution in [2.45, 2.75) is 25.7 Å². The minimum Gasteiger partial charge on any atom is -0.358 e. The first-order chi connectivity index (χ1) is 13.8. The Morgan fingerprint density at radius 3 is 1.31 bits per heavy atom. The normalized spacial score (nSPS) is 11.0. The Bertz CT molecular complexity index is 1030. The van der Waals surface area contributed by atoms with Gasteiger partial charge in [0.05, 0.1) is 0 Å². The molecule has 0 nitrogen and oxygen atoms in total. The van der Waals surface area contributed by atoms with Crippen LogP contribution in [0.15, 0.2) is 84.9 Å². The number of rotatable bonds is 4. The summed E-state index contributed by atoms with van der Waals surface area (Å²) in [7, 11) is 0. The standard InChI is InChI=1S/C28H22.2CH3.2Y/c1-20-27-18-23(16-21-8-4-2-5-9-21)12-14-25(27)26-15-13-24(19-28(20)26)17-22-10-6-3-7-11-22;;;;/h4-15,18-20H,16-17H2,1H3;2*1H3;;/q-2;2*-1;;. The average Bonchev–Trinajstić information content (AvgIpc) is 3.01. The number of fused-ring (bicyclic) bond motifs is 3. The quantitative estimate of drug-likeness (QED) is 0.225. The summed E-state index contributed by atoms with van der Waals surface area (Å²) in [4.78, 5) is 0. The van der Waals surface area contributed by atoms with Crippen LogP contribution in [0.1, 0.15) is 46.2 Å². The molecule has 0 aliphatic heterocycles. The summed E-state index contributed by atoms with van der Waals surface area (Å²) in [5.41, 5.74) is 11.1. The van der Waals surface area contributed by atoms with Crippen LogP contribution in [0, 0.1) is 27.0 Å². The van der Waals surface area contributed by atoms with Crippen molar-refractivity contribution < 1.29 is 65.4 Å². The third kappa shape index (κ3) is 6.15. The van der Waals surface area contributed by atoms with E-state index >= 15 is 0 Å². The van der Waals surface area contributed by atoms with Gasteiger partial charge >= 0.3 is 0 Å². The van der Waals surface area contributed by atoms with Crippen molar-refractivity contribution in [1.82, 2.24) is 0 Å². The van der Waals surface area contributed by atoms with Crippen LogP contribution in [0.2, 0.25) is 0 Å². The van der Waals surface area contributed by atoms with Gasteiger partial charge in [-0.2, -0.15) is 71.8 Å². The van der Waals surface area contributed by atoms with E-state index < -0.39 is 0 Å². The van der Waals surface area contributed by atoms with Gasteiger partial charge in [0.25, 0.3) is 0 Å². The SMILES string of the molecule is CC1c2cc(Cc3cc[c-]cc3)ccc2-c2ccc(Cc3cc[c-]cc3)cc21.[CH3-].[CH3-].[Y].[Y]. The maximum absolute atomic E-state index is 3.10. The van der Waals surface area contributed by atoms with Gasteiger partial charge in [0.15, 0.2) is 0 Å². The molecule has 0 saturated carbocycles. The summed E-state index contributed by atoms with van der Waals surface area (Å²) in [6.07, 6.45) is 1.95. The van der Waals surface area contributed by atoms with E-state index in [-0.39, 0.29) is 80.3 Å². The average molecular weight is 566 g/mol. The van der Waals surface area contributed by atoms with E-state index in [1.165, 1.54) is 44.5 Å². The van der Waals surface area contributed by atoms with Crippen molar-refractivity contribution in [3.63, 3.8) is 0 Å². The summed E-state index contributed by atoms with van der Waals surface area (Å²) < 4.78 is 0. The Hall–Kier alpha value is -0.912. The molecule has 4 aromatic carbocycles. The molecule has 1 aliphatic rings. The Balaban J connectivity index is 0.00000128. The van der Waals surface area contributed by atoms with Crippen molar-refractivity contribution in [1.29, 1.82) is 0 Å². The van der Waals surface area contributed by atoms with Gasteiger partial charge in [0.1, 0.15) is 0 Å². The van der Waals surface area contributed by atoms with Crippen LogP contribution in [-0.2, 0) is 78.3 Å². The van der Waals surface area contributed by atoms with Gasteiger partial charge in [-0.05, 0) is 46.2 Å². The van der Waals surface area contributed by atoms with Crippen LogP contribution >= 0.6 is 0 Å². The van der Waals surface area contributed by atoms with Crippen LogP contribution in [-0.4, -0.2) is 0 Å². The summed E-state index contributed by atoms with van der Waals surface area (Å²) in [5, 5.41) is 0. The number of hydrogen-bond donors (Lipinski definition) is 0. The predicted octanol–water partition coefficient (Wildman–Crippen LogP) is 7.50. The summed E-state index contributed by atoms with van der Waals surface area (Å²) in [6.45, 7) is 2.34. The predicted molar refractivity (Wildman–Crippen MR) is 128 cm³/mol. The van der Waals surface area contributed by atoms with Gasteiger partial charge in [-0.1, -0.05) is 43.3 Å². The van der Waals surface area contributed by atoms with Crippen molar-refractivity contribution in [3.8, 4) is 11.1 Å². The molecule has 0 bridgehead atoms. The van der Waals surface area contributed by atoms with Crippen LogP contribution < -0.4 is 0 Å². The molecule has 5 rings (SSSR count). The van der Waals surface area contributed by atoms with E-state index in [0.717, 1.165) is 12.8 Å². The summed E-state index contributed by atoms with van der Waals surface area (Å²) in [5.74, 6) is 0.443. The van der Waals surface area contributed by atoms with Crippen LogP contribution in [0.4, 0.5) is 0 Å². The minimum atomic E-state index is 0. The Labute approximate surface area is 245 Å². The van der Waals surface area contributed by atoms with Crippen molar-refractivity contribution >= 4 is 0 Å². The van der Waals surface area contributed by atoms with Gasteiger partial charge in [-0.25, -0.2) is 0 Å². The molecule has 0 unspecified atom stereocenters. The van der Waals surface area contributed by atoms with E-state index in [9.17, 15) is 0 Å². The summed E-state index contributed by atoms with van der Waals surface area (Å²) in [6, 6.07) is 36.8. The molecule has 0 heterocycles. The zero-order chi connectivity index (χ0) is 18.9. The molecule has 2 heteroatoms. The van der Waals surface area contributed by atoms with Gasteiger partial charge < -0.3 is 14.9 Å². The zero-order valence-corrected chi connectivity index (χ0v) is 24.9. The molecule has 158 valence electrons. The second-order valence-electron chi connectivity index (χ2n) is 7.73. The van der Waals surface area contributed by atoms with Crippen molar-refractivity contribution in [3.05, 3.63) is 145 Å². The Morgan fingerprint density at radius 1 is 0.562 bits per heavy atom. The third-order valence-electron chi connectivity index (χ3n) is 5.85. The molecular formula is C30H28Y2-4. The molecule has 0 aromatic heterocycles. The van der Waals surface area contributed by atoms with Crippen LogP contribution in [0.25, 0.3) is 11.1 Å². The minimum absolute atomic E-state index is 0. The largest absolute Gasteiger partial charge is 0.358 e. The maximum Gasteiger partial charge on any atom is 0.00735 e. The molecule has 0 N–H and O–H groups in total. The molecule has 0 atom stereocenters. The van der Waals surface area contributed by atoms with E-state index in [0.29, 0.717) is 5.92 Å². The third-order valence-corrected chi connectivity index (χ3v) is 5.85. The molecule has 1 aliphatic carbocycles. The van der Waals surface area contributed by atoms with E-state index in [1.54, 1.807) is 0 Å². The van der Waals surface area contributed by atoms with E-state index in [2.05, 4.69) is 79.7 Å². The first-order valence-electron chi connectivity index (χ1n) is 9.94. The van der Waals surface area contributed by atoms with E-state index in [1.807, 2.05) is 24.3 Å². The molecule has 32 heavy (non-hydrogen) atoms. The van der Waals surface area contributed by atoms with Gasteiger partial charge in [0.2, 0.25) is 0 Å². The smallest absolute Gasteiger partial charge is 0.00735 e. The van der Waals surface area contributed by atoms with Gasteiger partial charge in [-0.15, -0.1) is 0 Å². The molecule has 2 radical (unpaired) electrons. The van der Waals surface area contributed by atoms with Gasteiger partial charge in [0, 0.05) is 71.3 Å².